The molecule has 1 heterocycles. The molecule has 0 aliphatic heterocycles. The number of aromatic amines is 1. The van der Waals surface area contributed by atoms with E-state index in [-0.39, 0.29) is 0 Å². The standard InChI is InChI=1S/C14H22N4/c1-18(12-8-16-17-13(12)15)14-5-9-2-10(6-14)4-11(3-9)7-14/h8-11H,2-7H2,1H3,(H3,15,16,17). The van der Waals surface area contributed by atoms with Crippen LogP contribution in [0.25, 0.3) is 0 Å². The summed E-state index contributed by atoms with van der Waals surface area (Å²) in [6.45, 7) is 0. The van der Waals surface area contributed by atoms with Crippen molar-refractivity contribution in [2.45, 2.75) is 44.1 Å². The molecule has 4 saturated carbocycles. The highest BCUT2D eigenvalue weighted by Crippen LogP contribution is 2.58. The molecule has 98 valence electrons. The van der Waals surface area contributed by atoms with Crippen LogP contribution in [0.3, 0.4) is 0 Å². The van der Waals surface area contributed by atoms with Crippen LogP contribution in [0, 0.1) is 17.8 Å². The molecule has 4 aliphatic rings. The first-order chi connectivity index (χ1) is 8.66. The van der Waals surface area contributed by atoms with E-state index in [1.165, 1.54) is 38.5 Å². The summed E-state index contributed by atoms with van der Waals surface area (Å²) in [6, 6.07) is 0. The van der Waals surface area contributed by atoms with E-state index in [9.17, 15) is 0 Å². The van der Waals surface area contributed by atoms with E-state index < -0.39 is 0 Å². The van der Waals surface area contributed by atoms with Crippen molar-refractivity contribution >= 4 is 11.5 Å². The van der Waals surface area contributed by atoms with Gasteiger partial charge in [0.2, 0.25) is 0 Å². The summed E-state index contributed by atoms with van der Waals surface area (Å²) < 4.78 is 0. The monoisotopic (exact) mass is 246 g/mol. The van der Waals surface area contributed by atoms with Crippen LogP contribution in [-0.2, 0) is 0 Å². The van der Waals surface area contributed by atoms with Crippen molar-refractivity contribution in [1.82, 2.24) is 10.2 Å². The molecule has 4 fully saturated rings. The quantitative estimate of drug-likeness (QED) is 0.842. The lowest BCUT2D eigenvalue weighted by Crippen LogP contribution is -2.59. The van der Waals surface area contributed by atoms with Gasteiger partial charge in [0.25, 0.3) is 0 Å². The maximum Gasteiger partial charge on any atom is 0.142 e. The number of hydrogen-bond acceptors (Lipinski definition) is 3. The first-order valence-corrected chi connectivity index (χ1v) is 7.19. The fourth-order valence-corrected chi connectivity index (χ4v) is 5.29. The molecule has 1 aromatic rings. The number of nitrogens with two attached hydrogens (primary N) is 1. The summed E-state index contributed by atoms with van der Waals surface area (Å²) in [4.78, 5) is 2.44. The fourth-order valence-electron chi connectivity index (χ4n) is 5.29. The van der Waals surface area contributed by atoms with Crippen molar-refractivity contribution < 1.29 is 0 Å². The van der Waals surface area contributed by atoms with E-state index in [1.54, 1.807) is 0 Å². The van der Waals surface area contributed by atoms with Gasteiger partial charge in [0.1, 0.15) is 5.82 Å². The van der Waals surface area contributed by atoms with Crippen LogP contribution in [0.1, 0.15) is 38.5 Å². The van der Waals surface area contributed by atoms with Crippen LogP contribution >= 0.6 is 0 Å². The van der Waals surface area contributed by atoms with Gasteiger partial charge in [-0.05, 0) is 56.3 Å². The number of nitrogens with zero attached hydrogens (tertiary/aromatic N) is 2. The van der Waals surface area contributed by atoms with E-state index >= 15 is 0 Å². The van der Waals surface area contributed by atoms with Crippen LogP contribution in [0.4, 0.5) is 11.5 Å². The average molecular weight is 246 g/mol. The van der Waals surface area contributed by atoms with Gasteiger partial charge < -0.3 is 10.6 Å². The summed E-state index contributed by atoms with van der Waals surface area (Å²) in [7, 11) is 2.22. The van der Waals surface area contributed by atoms with Gasteiger partial charge >= 0.3 is 0 Å². The molecule has 0 spiro atoms. The minimum absolute atomic E-state index is 0.368. The Morgan fingerprint density at radius 3 is 2.22 bits per heavy atom. The maximum absolute atomic E-state index is 6.00. The molecular weight excluding hydrogens is 224 g/mol. The van der Waals surface area contributed by atoms with E-state index in [0.29, 0.717) is 11.4 Å². The van der Waals surface area contributed by atoms with Crippen LogP contribution in [-0.4, -0.2) is 22.8 Å². The zero-order chi connectivity index (χ0) is 12.3. The van der Waals surface area contributed by atoms with E-state index in [2.05, 4.69) is 22.1 Å². The lowest BCUT2D eigenvalue weighted by atomic mass is 9.52. The normalized spacial score (nSPS) is 41.3. The minimum atomic E-state index is 0.368. The molecular formula is C14H22N4. The molecule has 4 bridgehead atoms. The SMILES string of the molecule is CN(c1cn[nH]c1N)C12CC3CC(CC(C3)C1)C2. The summed E-state index contributed by atoms with van der Waals surface area (Å²) >= 11 is 0. The number of nitrogens with one attached hydrogen (secondary N) is 1. The first kappa shape index (κ1) is 10.7. The number of anilines is 2. The highest BCUT2D eigenvalue weighted by atomic mass is 15.3. The van der Waals surface area contributed by atoms with Crippen molar-refractivity contribution in [3.63, 3.8) is 0 Å². The Morgan fingerprint density at radius 2 is 1.78 bits per heavy atom. The zero-order valence-corrected chi connectivity index (χ0v) is 11.0. The van der Waals surface area contributed by atoms with Crippen LogP contribution < -0.4 is 10.6 Å². The lowest BCUT2D eigenvalue weighted by Gasteiger charge is -2.60. The molecule has 3 N–H and O–H groups in total. The Balaban J connectivity index is 1.69. The second-order valence-corrected chi connectivity index (χ2v) is 6.87. The number of aromatic nitrogens is 2. The predicted molar refractivity (Wildman–Crippen MR) is 72.3 cm³/mol. The Morgan fingerprint density at radius 1 is 1.22 bits per heavy atom. The van der Waals surface area contributed by atoms with Gasteiger partial charge in [0, 0.05) is 12.6 Å². The summed E-state index contributed by atoms with van der Waals surface area (Å²) in [5.41, 5.74) is 7.46. The predicted octanol–water partition coefficient (Wildman–Crippen LogP) is 2.40. The van der Waals surface area contributed by atoms with Crippen LogP contribution in [0.5, 0.6) is 0 Å². The fraction of sp³-hybridized carbons (Fsp3) is 0.786. The highest BCUT2D eigenvalue weighted by Gasteiger charge is 2.53. The molecule has 0 atom stereocenters. The highest BCUT2D eigenvalue weighted by molar-refractivity contribution is 5.63. The molecule has 5 rings (SSSR count). The van der Waals surface area contributed by atoms with E-state index in [4.69, 9.17) is 5.73 Å². The van der Waals surface area contributed by atoms with Gasteiger partial charge in [-0.15, -0.1) is 0 Å². The minimum Gasteiger partial charge on any atom is -0.382 e. The van der Waals surface area contributed by atoms with E-state index in [0.717, 1.165) is 23.4 Å². The smallest absolute Gasteiger partial charge is 0.142 e. The van der Waals surface area contributed by atoms with Gasteiger partial charge in [-0.1, -0.05) is 0 Å². The van der Waals surface area contributed by atoms with Crippen molar-refractivity contribution in [2.24, 2.45) is 17.8 Å². The second kappa shape index (κ2) is 3.43. The van der Waals surface area contributed by atoms with Crippen molar-refractivity contribution in [3.8, 4) is 0 Å². The van der Waals surface area contributed by atoms with Crippen LogP contribution in [0.15, 0.2) is 6.20 Å². The molecule has 0 unspecified atom stereocenters. The molecule has 0 saturated heterocycles. The number of hydrogen-bond donors (Lipinski definition) is 2. The molecule has 4 nitrogen and oxygen atoms in total. The topological polar surface area (TPSA) is 57.9 Å². The van der Waals surface area contributed by atoms with Gasteiger partial charge in [0.15, 0.2) is 0 Å². The Bertz CT molecular complexity index is 429. The summed E-state index contributed by atoms with van der Waals surface area (Å²) in [5, 5.41) is 6.95. The molecule has 4 aliphatic carbocycles. The van der Waals surface area contributed by atoms with Gasteiger partial charge in [-0.2, -0.15) is 5.10 Å². The summed E-state index contributed by atoms with van der Waals surface area (Å²) in [5.74, 6) is 3.61. The maximum atomic E-state index is 6.00. The molecule has 0 amide bonds. The second-order valence-electron chi connectivity index (χ2n) is 6.87. The average Bonchev–Trinajstić information content (AvgIpc) is 2.72. The van der Waals surface area contributed by atoms with Gasteiger partial charge in [0.05, 0.1) is 11.9 Å². The zero-order valence-electron chi connectivity index (χ0n) is 11.0. The van der Waals surface area contributed by atoms with Gasteiger partial charge in [-0.3, -0.25) is 5.10 Å². The third-order valence-electron chi connectivity index (χ3n) is 5.73. The van der Waals surface area contributed by atoms with Crippen molar-refractivity contribution in [1.29, 1.82) is 0 Å². The molecule has 1 aromatic heterocycles. The molecule has 4 heteroatoms. The van der Waals surface area contributed by atoms with Crippen LogP contribution in [0.2, 0.25) is 0 Å². The third-order valence-corrected chi connectivity index (χ3v) is 5.73. The third kappa shape index (κ3) is 1.35. The first-order valence-electron chi connectivity index (χ1n) is 7.19. The lowest BCUT2D eigenvalue weighted by molar-refractivity contribution is -0.00195. The number of H-pyrrole nitrogens is 1. The molecule has 18 heavy (non-hydrogen) atoms. The number of nitrogen functional groups attached to an aromatic ring is 1. The molecule has 0 aromatic carbocycles. The number of rotatable bonds is 2. The summed E-state index contributed by atoms with van der Waals surface area (Å²) in [6.07, 6.45) is 10.4. The van der Waals surface area contributed by atoms with Crippen molar-refractivity contribution in [3.05, 3.63) is 6.20 Å². The Labute approximate surface area is 108 Å². The van der Waals surface area contributed by atoms with E-state index in [1.807, 2.05) is 6.20 Å². The van der Waals surface area contributed by atoms with Crippen molar-refractivity contribution in [2.75, 3.05) is 17.7 Å². The van der Waals surface area contributed by atoms with Gasteiger partial charge in [-0.25, -0.2) is 0 Å². The Kier molecular flexibility index (Phi) is 2.04. The Hall–Kier alpha value is -1.19. The molecule has 0 radical (unpaired) electrons. The largest absolute Gasteiger partial charge is 0.382 e.